The van der Waals surface area contributed by atoms with Gasteiger partial charge in [0.25, 0.3) is 5.91 Å². The number of aromatic nitrogens is 1. The molecule has 1 aromatic carbocycles. The standard InChI is InChI=1S/C18H20ClN3O/c1-13-3-2-10-22(12-13)16-8-9-17(20-11-16)21-18(23)14-4-6-15(19)7-5-14/h4-9,11,13H,2-3,10,12H2,1H3,(H,20,21,23). The molecule has 1 N–H and O–H groups in total. The van der Waals surface area contributed by atoms with E-state index in [1.807, 2.05) is 18.3 Å². The molecule has 1 aromatic heterocycles. The Bertz CT molecular complexity index is 670. The van der Waals surface area contributed by atoms with Gasteiger partial charge in [-0.2, -0.15) is 0 Å². The Morgan fingerprint density at radius 3 is 2.70 bits per heavy atom. The molecule has 1 aliphatic rings. The third kappa shape index (κ3) is 4.02. The van der Waals surface area contributed by atoms with E-state index in [9.17, 15) is 4.79 Å². The third-order valence-electron chi connectivity index (χ3n) is 4.12. The van der Waals surface area contributed by atoms with E-state index in [1.165, 1.54) is 12.8 Å². The quantitative estimate of drug-likeness (QED) is 0.916. The molecule has 1 amide bonds. The highest BCUT2D eigenvalue weighted by atomic mass is 35.5. The Morgan fingerprint density at radius 2 is 2.04 bits per heavy atom. The molecule has 1 atom stereocenters. The van der Waals surface area contributed by atoms with E-state index in [0.29, 0.717) is 22.3 Å². The van der Waals surface area contributed by atoms with E-state index < -0.39 is 0 Å². The van der Waals surface area contributed by atoms with E-state index in [0.717, 1.165) is 18.8 Å². The van der Waals surface area contributed by atoms with Gasteiger partial charge < -0.3 is 10.2 Å². The number of amides is 1. The molecule has 1 aliphatic heterocycles. The first-order valence-electron chi connectivity index (χ1n) is 7.90. The molecule has 2 aromatic rings. The van der Waals surface area contributed by atoms with Crippen molar-refractivity contribution in [3.63, 3.8) is 0 Å². The van der Waals surface area contributed by atoms with E-state index in [4.69, 9.17) is 11.6 Å². The number of pyridine rings is 1. The summed E-state index contributed by atoms with van der Waals surface area (Å²) in [7, 11) is 0. The van der Waals surface area contributed by atoms with Gasteiger partial charge in [-0.25, -0.2) is 4.98 Å². The summed E-state index contributed by atoms with van der Waals surface area (Å²) in [5.74, 6) is 1.08. The van der Waals surface area contributed by atoms with Crippen molar-refractivity contribution in [2.24, 2.45) is 5.92 Å². The summed E-state index contributed by atoms with van der Waals surface area (Å²) in [6, 6.07) is 10.7. The molecular formula is C18H20ClN3O. The van der Waals surface area contributed by atoms with Crippen LogP contribution in [0.2, 0.25) is 5.02 Å². The van der Waals surface area contributed by atoms with Crippen molar-refractivity contribution < 1.29 is 4.79 Å². The van der Waals surface area contributed by atoms with Gasteiger partial charge in [-0.15, -0.1) is 0 Å². The molecule has 0 spiro atoms. The van der Waals surface area contributed by atoms with Gasteiger partial charge in [0.2, 0.25) is 0 Å². The Morgan fingerprint density at radius 1 is 1.26 bits per heavy atom. The maximum absolute atomic E-state index is 12.2. The van der Waals surface area contributed by atoms with Crippen LogP contribution < -0.4 is 10.2 Å². The predicted molar refractivity (Wildman–Crippen MR) is 94.3 cm³/mol. The number of nitrogens with one attached hydrogen (secondary N) is 1. The number of hydrogen-bond donors (Lipinski definition) is 1. The van der Waals surface area contributed by atoms with Crippen LogP contribution in [0, 0.1) is 5.92 Å². The number of piperidine rings is 1. The van der Waals surface area contributed by atoms with E-state index >= 15 is 0 Å². The zero-order valence-corrected chi connectivity index (χ0v) is 13.9. The molecule has 0 radical (unpaired) electrons. The Labute approximate surface area is 141 Å². The molecule has 23 heavy (non-hydrogen) atoms. The van der Waals surface area contributed by atoms with Gasteiger partial charge in [0.05, 0.1) is 11.9 Å². The highest BCUT2D eigenvalue weighted by Crippen LogP contribution is 2.23. The smallest absolute Gasteiger partial charge is 0.256 e. The summed E-state index contributed by atoms with van der Waals surface area (Å²) in [6.07, 6.45) is 4.34. The fourth-order valence-corrected chi connectivity index (χ4v) is 2.99. The average molecular weight is 330 g/mol. The molecule has 3 rings (SSSR count). The second kappa shape index (κ2) is 7.01. The van der Waals surface area contributed by atoms with E-state index in [2.05, 4.69) is 22.1 Å². The second-order valence-electron chi connectivity index (χ2n) is 6.06. The highest BCUT2D eigenvalue weighted by Gasteiger charge is 2.17. The summed E-state index contributed by atoms with van der Waals surface area (Å²) < 4.78 is 0. The summed E-state index contributed by atoms with van der Waals surface area (Å²) in [4.78, 5) is 18.9. The monoisotopic (exact) mass is 329 g/mol. The molecule has 1 unspecified atom stereocenters. The van der Waals surface area contributed by atoms with Crippen LogP contribution in [0.3, 0.4) is 0 Å². The first-order chi connectivity index (χ1) is 11.1. The van der Waals surface area contributed by atoms with Crippen LogP contribution in [0.5, 0.6) is 0 Å². The minimum atomic E-state index is -0.187. The van der Waals surface area contributed by atoms with Crippen LogP contribution in [0.25, 0.3) is 0 Å². The summed E-state index contributed by atoms with van der Waals surface area (Å²) >= 11 is 5.83. The van der Waals surface area contributed by atoms with Crippen LogP contribution in [-0.4, -0.2) is 24.0 Å². The summed E-state index contributed by atoms with van der Waals surface area (Å²) in [5, 5.41) is 3.42. The lowest BCUT2D eigenvalue weighted by atomic mass is 10.00. The minimum absolute atomic E-state index is 0.187. The number of anilines is 2. The van der Waals surface area contributed by atoms with Crippen molar-refractivity contribution in [2.45, 2.75) is 19.8 Å². The lowest BCUT2D eigenvalue weighted by Crippen LogP contribution is -2.34. The van der Waals surface area contributed by atoms with Crippen molar-refractivity contribution in [3.05, 3.63) is 53.2 Å². The average Bonchev–Trinajstić information content (AvgIpc) is 2.56. The van der Waals surface area contributed by atoms with Crippen LogP contribution in [0.15, 0.2) is 42.6 Å². The molecule has 4 nitrogen and oxygen atoms in total. The number of benzene rings is 1. The molecule has 120 valence electrons. The minimum Gasteiger partial charge on any atom is -0.370 e. The molecule has 5 heteroatoms. The third-order valence-corrected chi connectivity index (χ3v) is 4.37. The van der Waals surface area contributed by atoms with Crippen molar-refractivity contribution >= 4 is 29.0 Å². The first kappa shape index (κ1) is 15.8. The largest absolute Gasteiger partial charge is 0.370 e. The van der Waals surface area contributed by atoms with Crippen LogP contribution >= 0.6 is 11.6 Å². The van der Waals surface area contributed by atoms with Crippen LogP contribution in [0.1, 0.15) is 30.1 Å². The van der Waals surface area contributed by atoms with Crippen molar-refractivity contribution in [3.8, 4) is 0 Å². The maximum atomic E-state index is 12.2. The van der Waals surface area contributed by atoms with Crippen LogP contribution in [-0.2, 0) is 0 Å². The van der Waals surface area contributed by atoms with Gasteiger partial charge in [-0.1, -0.05) is 18.5 Å². The van der Waals surface area contributed by atoms with Crippen LogP contribution in [0.4, 0.5) is 11.5 Å². The number of carbonyl (C=O) groups excluding carboxylic acids is 1. The normalized spacial score (nSPS) is 17.8. The number of hydrogen-bond acceptors (Lipinski definition) is 3. The second-order valence-corrected chi connectivity index (χ2v) is 6.49. The fraction of sp³-hybridized carbons (Fsp3) is 0.333. The predicted octanol–water partition coefficient (Wildman–Crippen LogP) is 4.22. The first-order valence-corrected chi connectivity index (χ1v) is 8.27. The van der Waals surface area contributed by atoms with Gasteiger partial charge in [-0.05, 0) is 55.2 Å². The van der Waals surface area contributed by atoms with Gasteiger partial charge in [0.1, 0.15) is 5.82 Å². The van der Waals surface area contributed by atoms with E-state index in [1.54, 1.807) is 24.3 Å². The molecule has 0 saturated carbocycles. The molecular weight excluding hydrogens is 310 g/mol. The van der Waals surface area contributed by atoms with Gasteiger partial charge in [0.15, 0.2) is 0 Å². The number of nitrogens with zero attached hydrogens (tertiary/aromatic N) is 2. The Hall–Kier alpha value is -2.07. The summed E-state index contributed by atoms with van der Waals surface area (Å²) in [5.41, 5.74) is 1.67. The van der Waals surface area contributed by atoms with Gasteiger partial charge in [-0.3, -0.25) is 4.79 Å². The maximum Gasteiger partial charge on any atom is 0.256 e. The van der Waals surface area contributed by atoms with E-state index in [-0.39, 0.29) is 5.91 Å². The van der Waals surface area contributed by atoms with Crippen molar-refractivity contribution in [1.82, 2.24) is 4.98 Å². The fourth-order valence-electron chi connectivity index (χ4n) is 2.86. The lowest BCUT2D eigenvalue weighted by Gasteiger charge is -2.32. The molecule has 0 bridgehead atoms. The lowest BCUT2D eigenvalue weighted by molar-refractivity contribution is 0.102. The van der Waals surface area contributed by atoms with Crippen molar-refractivity contribution in [1.29, 1.82) is 0 Å². The molecule has 1 fully saturated rings. The number of carbonyl (C=O) groups is 1. The topological polar surface area (TPSA) is 45.2 Å². The molecule has 1 saturated heterocycles. The zero-order valence-electron chi connectivity index (χ0n) is 13.1. The highest BCUT2D eigenvalue weighted by molar-refractivity contribution is 6.30. The van der Waals surface area contributed by atoms with Gasteiger partial charge >= 0.3 is 0 Å². The zero-order chi connectivity index (χ0) is 16.2. The van der Waals surface area contributed by atoms with Crippen molar-refractivity contribution in [2.75, 3.05) is 23.3 Å². The number of halogens is 1. The Kier molecular flexibility index (Phi) is 4.82. The Balaban J connectivity index is 1.65. The molecule has 0 aliphatic carbocycles. The van der Waals surface area contributed by atoms with Gasteiger partial charge in [0, 0.05) is 23.7 Å². The summed E-state index contributed by atoms with van der Waals surface area (Å²) in [6.45, 7) is 4.42. The molecule has 2 heterocycles. The SMILES string of the molecule is CC1CCCN(c2ccc(NC(=O)c3ccc(Cl)cc3)nc2)C1. The number of rotatable bonds is 3.